The standard InChI is InChI=1S/C15H13NO3/c17-12-7-4-8-13-11(12)9-14(19-13)15(18)16-10-5-2-1-3-6-10/h1-3,5-6,9H,4,7-8H2,(H,16,18). The van der Waals surface area contributed by atoms with Crippen LogP contribution >= 0.6 is 0 Å². The minimum Gasteiger partial charge on any atom is -0.455 e. The van der Waals surface area contributed by atoms with Crippen molar-refractivity contribution in [3.05, 3.63) is 53.5 Å². The van der Waals surface area contributed by atoms with E-state index >= 15 is 0 Å². The van der Waals surface area contributed by atoms with Crippen molar-refractivity contribution in [3.63, 3.8) is 0 Å². The largest absolute Gasteiger partial charge is 0.455 e. The second kappa shape index (κ2) is 4.72. The van der Waals surface area contributed by atoms with Crippen LogP contribution in [-0.2, 0) is 6.42 Å². The second-order valence-corrected chi connectivity index (χ2v) is 4.54. The van der Waals surface area contributed by atoms with Crippen molar-refractivity contribution in [1.29, 1.82) is 0 Å². The number of fused-ring (bicyclic) bond motifs is 1. The number of benzene rings is 1. The lowest BCUT2D eigenvalue weighted by atomic mass is 9.97. The van der Waals surface area contributed by atoms with Gasteiger partial charge in [-0.3, -0.25) is 9.59 Å². The summed E-state index contributed by atoms with van der Waals surface area (Å²) in [6.45, 7) is 0. The summed E-state index contributed by atoms with van der Waals surface area (Å²) in [5.74, 6) is 0.565. The average Bonchev–Trinajstić information content (AvgIpc) is 2.85. The van der Waals surface area contributed by atoms with E-state index in [-0.39, 0.29) is 17.5 Å². The summed E-state index contributed by atoms with van der Waals surface area (Å²) < 4.78 is 5.48. The Labute approximate surface area is 110 Å². The number of rotatable bonds is 2. The van der Waals surface area contributed by atoms with Gasteiger partial charge < -0.3 is 9.73 Å². The molecule has 1 heterocycles. The van der Waals surface area contributed by atoms with Crippen LogP contribution in [0.25, 0.3) is 0 Å². The first-order chi connectivity index (χ1) is 9.24. The number of aryl methyl sites for hydroxylation is 1. The molecule has 4 heteroatoms. The van der Waals surface area contributed by atoms with E-state index < -0.39 is 0 Å². The molecule has 4 nitrogen and oxygen atoms in total. The van der Waals surface area contributed by atoms with Gasteiger partial charge >= 0.3 is 0 Å². The second-order valence-electron chi connectivity index (χ2n) is 4.54. The molecule has 0 aliphatic heterocycles. The maximum Gasteiger partial charge on any atom is 0.291 e. The van der Waals surface area contributed by atoms with Gasteiger partial charge in [0, 0.05) is 24.6 Å². The van der Waals surface area contributed by atoms with E-state index in [4.69, 9.17) is 4.42 Å². The molecular formula is C15H13NO3. The molecule has 0 fully saturated rings. The van der Waals surface area contributed by atoms with E-state index in [0.717, 1.165) is 12.8 Å². The van der Waals surface area contributed by atoms with Crippen molar-refractivity contribution in [3.8, 4) is 0 Å². The highest BCUT2D eigenvalue weighted by molar-refractivity contribution is 6.05. The molecule has 1 amide bonds. The summed E-state index contributed by atoms with van der Waals surface area (Å²) in [4.78, 5) is 23.7. The molecule has 1 aromatic heterocycles. The molecule has 0 spiro atoms. The Morgan fingerprint density at radius 2 is 1.95 bits per heavy atom. The van der Waals surface area contributed by atoms with Crippen LogP contribution in [0.4, 0.5) is 5.69 Å². The summed E-state index contributed by atoms with van der Waals surface area (Å²) >= 11 is 0. The fraction of sp³-hybridized carbons (Fsp3) is 0.200. The Morgan fingerprint density at radius 1 is 1.16 bits per heavy atom. The Morgan fingerprint density at radius 3 is 2.68 bits per heavy atom. The quantitative estimate of drug-likeness (QED) is 0.897. The molecule has 0 saturated heterocycles. The number of hydrogen-bond donors (Lipinski definition) is 1. The van der Waals surface area contributed by atoms with Gasteiger partial charge in [-0.2, -0.15) is 0 Å². The van der Waals surface area contributed by atoms with Gasteiger partial charge in [0.25, 0.3) is 5.91 Å². The number of ketones is 1. The van der Waals surface area contributed by atoms with Gasteiger partial charge in [-0.05, 0) is 18.6 Å². The van der Waals surface area contributed by atoms with Gasteiger partial charge in [-0.25, -0.2) is 0 Å². The highest BCUT2D eigenvalue weighted by Gasteiger charge is 2.24. The summed E-state index contributed by atoms with van der Waals surface area (Å²) in [5.41, 5.74) is 1.26. The van der Waals surface area contributed by atoms with E-state index in [0.29, 0.717) is 23.4 Å². The zero-order chi connectivity index (χ0) is 13.2. The molecule has 1 aromatic carbocycles. The zero-order valence-electron chi connectivity index (χ0n) is 10.3. The molecule has 0 atom stereocenters. The minimum absolute atomic E-state index is 0.0590. The summed E-state index contributed by atoms with van der Waals surface area (Å²) in [6, 6.07) is 10.7. The van der Waals surface area contributed by atoms with Crippen LogP contribution in [0.5, 0.6) is 0 Å². The third-order valence-electron chi connectivity index (χ3n) is 3.17. The van der Waals surface area contributed by atoms with E-state index in [1.807, 2.05) is 18.2 Å². The van der Waals surface area contributed by atoms with Crippen LogP contribution in [0.3, 0.4) is 0 Å². The Bertz CT molecular complexity index is 628. The van der Waals surface area contributed by atoms with Gasteiger partial charge in [0.1, 0.15) is 5.76 Å². The monoisotopic (exact) mass is 255 g/mol. The fourth-order valence-electron chi connectivity index (χ4n) is 2.22. The van der Waals surface area contributed by atoms with E-state index in [1.54, 1.807) is 18.2 Å². The highest BCUT2D eigenvalue weighted by Crippen LogP contribution is 2.25. The first-order valence-corrected chi connectivity index (χ1v) is 6.26. The van der Waals surface area contributed by atoms with Crippen molar-refractivity contribution in [2.45, 2.75) is 19.3 Å². The lowest BCUT2D eigenvalue weighted by molar-refractivity contribution is 0.0963. The van der Waals surface area contributed by atoms with Gasteiger partial charge in [0.2, 0.25) is 0 Å². The number of hydrogen-bond acceptors (Lipinski definition) is 3. The average molecular weight is 255 g/mol. The topological polar surface area (TPSA) is 59.3 Å². The summed E-state index contributed by atoms with van der Waals surface area (Å²) in [6.07, 6.45) is 2.05. The third-order valence-corrected chi connectivity index (χ3v) is 3.17. The number of carbonyl (C=O) groups is 2. The van der Waals surface area contributed by atoms with Gasteiger partial charge in [0.15, 0.2) is 11.5 Å². The first-order valence-electron chi connectivity index (χ1n) is 6.26. The Balaban J connectivity index is 1.83. The molecule has 0 unspecified atom stereocenters. The van der Waals surface area contributed by atoms with E-state index in [2.05, 4.69) is 5.32 Å². The summed E-state index contributed by atoms with van der Waals surface area (Å²) in [5, 5.41) is 2.74. The lowest BCUT2D eigenvalue weighted by Crippen LogP contribution is -2.10. The van der Waals surface area contributed by atoms with Gasteiger partial charge in [0.05, 0.1) is 5.56 Å². The zero-order valence-corrected chi connectivity index (χ0v) is 10.3. The highest BCUT2D eigenvalue weighted by atomic mass is 16.4. The molecule has 0 bridgehead atoms. The Kier molecular flexibility index (Phi) is 2.91. The van der Waals surface area contributed by atoms with Crippen LogP contribution in [0, 0.1) is 0 Å². The molecule has 3 rings (SSSR count). The molecule has 0 radical (unpaired) electrons. The van der Waals surface area contributed by atoms with Crippen molar-refractivity contribution < 1.29 is 14.0 Å². The molecule has 19 heavy (non-hydrogen) atoms. The van der Waals surface area contributed by atoms with E-state index in [9.17, 15) is 9.59 Å². The molecule has 96 valence electrons. The number of carbonyl (C=O) groups excluding carboxylic acids is 2. The van der Waals surface area contributed by atoms with Gasteiger partial charge in [-0.15, -0.1) is 0 Å². The minimum atomic E-state index is -0.326. The van der Waals surface area contributed by atoms with E-state index in [1.165, 1.54) is 0 Å². The molecular weight excluding hydrogens is 242 g/mol. The van der Waals surface area contributed by atoms with Crippen LogP contribution in [-0.4, -0.2) is 11.7 Å². The lowest BCUT2D eigenvalue weighted by Gasteiger charge is -2.06. The number of furan rings is 1. The van der Waals surface area contributed by atoms with Crippen LogP contribution < -0.4 is 5.32 Å². The predicted octanol–water partition coefficient (Wildman–Crippen LogP) is 3.05. The maximum atomic E-state index is 12.0. The molecule has 0 saturated carbocycles. The maximum absolute atomic E-state index is 12.0. The van der Waals surface area contributed by atoms with Crippen molar-refractivity contribution in [1.82, 2.24) is 0 Å². The van der Waals surface area contributed by atoms with Crippen LogP contribution in [0.1, 0.15) is 39.5 Å². The van der Waals surface area contributed by atoms with Crippen LogP contribution in [0.15, 0.2) is 40.8 Å². The fourth-order valence-corrected chi connectivity index (χ4v) is 2.22. The van der Waals surface area contributed by atoms with Gasteiger partial charge in [-0.1, -0.05) is 18.2 Å². The normalized spacial score (nSPS) is 14.0. The molecule has 1 aliphatic carbocycles. The molecule has 1 N–H and O–H groups in total. The Hall–Kier alpha value is -2.36. The van der Waals surface area contributed by atoms with Crippen molar-refractivity contribution in [2.24, 2.45) is 0 Å². The molecule has 1 aliphatic rings. The number of anilines is 1. The number of para-hydroxylation sites is 1. The van der Waals surface area contributed by atoms with Crippen molar-refractivity contribution >= 4 is 17.4 Å². The predicted molar refractivity (Wildman–Crippen MR) is 70.4 cm³/mol. The smallest absolute Gasteiger partial charge is 0.291 e. The SMILES string of the molecule is O=C(Nc1ccccc1)c1cc2c(o1)CCCC2=O. The number of amides is 1. The number of nitrogens with one attached hydrogen (secondary N) is 1. The first kappa shape index (κ1) is 11.7. The van der Waals surface area contributed by atoms with Crippen molar-refractivity contribution in [2.75, 3.05) is 5.32 Å². The molecule has 2 aromatic rings. The van der Waals surface area contributed by atoms with Crippen LogP contribution in [0.2, 0.25) is 0 Å². The number of Topliss-reactive ketones (excluding diaryl/α,β-unsaturated/α-hetero) is 1. The summed E-state index contributed by atoms with van der Waals surface area (Å²) in [7, 11) is 0. The third kappa shape index (κ3) is 2.29.